The molecule has 0 radical (unpaired) electrons. The monoisotopic (exact) mass is 657 g/mol. The molecule has 1 atom stereocenters. The molecule has 0 saturated heterocycles. The number of carbonyl (C=O) groups excluding carboxylic acids is 2. The second kappa shape index (κ2) is 14.6. The summed E-state index contributed by atoms with van der Waals surface area (Å²) in [6, 6.07) is 14.5. The van der Waals surface area contributed by atoms with Crippen LogP contribution in [0.3, 0.4) is 0 Å². The van der Waals surface area contributed by atoms with Crippen LogP contribution in [0, 0.1) is 6.92 Å². The van der Waals surface area contributed by atoms with E-state index in [0.717, 1.165) is 22.7 Å². The van der Waals surface area contributed by atoms with Crippen LogP contribution in [0.1, 0.15) is 37.8 Å². The van der Waals surface area contributed by atoms with E-state index < -0.39 is 28.5 Å². The van der Waals surface area contributed by atoms with Gasteiger partial charge in [-0.3, -0.25) is 13.9 Å². The van der Waals surface area contributed by atoms with Gasteiger partial charge >= 0.3 is 0 Å². The van der Waals surface area contributed by atoms with Crippen molar-refractivity contribution in [2.45, 2.75) is 51.1 Å². The molecule has 7 nitrogen and oxygen atoms in total. The molecule has 0 spiro atoms. The standard InChI is InChI=1S/C29H31Cl4N3O4S/c1-4-5-12-34-29(38)20(3)35(17-21-8-11-26(32)27(33)13-21)28(37)18-36(24-15-22(30)14-23(31)16-24)41(39,40)25-9-6-19(2)7-10-25/h6-11,13-16,20H,4-5,12,17-18H2,1-3H3,(H,34,38). The highest BCUT2D eigenvalue weighted by Crippen LogP contribution is 2.30. The van der Waals surface area contributed by atoms with Gasteiger partial charge in [0.05, 0.1) is 20.6 Å². The van der Waals surface area contributed by atoms with Crippen LogP contribution < -0.4 is 9.62 Å². The molecule has 0 aliphatic carbocycles. The Hall–Kier alpha value is -2.49. The van der Waals surface area contributed by atoms with Crippen molar-refractivity contribution in [3.63, 3.8) is 0 Å². The SMILES string of the molecule is CCCCNC(=O)C(C)N(Cc1ccc(Cl)c(Cl)c1)C(=O)CN(c1cc(Cl)cc(Cl)c1)S(=O)(=O)c1ccc(C)cc1. The number of amides is 2. The molecular weight excluding hydrogens is 628 g/mol. The lowest BCUT2D eigenvalue weighted by Gasteiger charge is -2.32. The van der Waals surface area contributed by atoms with Crippen LogP contribution in [0.5, 0.6) is 0 Å². The summed E-state index contributed by atoms with van der Waals surface area (Å²) in [5.74, 6) is -0.994. The predicted octanol–water partition coefficient (Wildman–Crippen LogP) is 7.14. The van der Waals surface area contributed by atoms with Crippen LogP contribution in [0.25, 0.3) is 0 Å². The summed E-state index contributed by atoms with van der Waals surface area (Å²) in [6.45, 7) is 5.23. The molecule has 3 aromatic carbocycles. The second-order valence-electron chi connectivity index (χ2n) is 9.54. The Bertz CT molecular complexity index is 1480. The maximum Gasteiger partial charge on any atom is 0.264 e. The van der Waals surface area contributed by atoms with Crippen molar-refractivity contribution < 1.29 is 18.0 Å². The predicted molar refractivity (Wildman–Crippen MR) is 167 cm³/mol. The summed E-state index contributed by atoms with van der Waals surface area (Å²) in [4.78, 5) is 28.3. The quantitative estimate of drug-likeness (QED) is 0.210. The van der Waals surface area contributed by atoms with Gasteiger partial charge in [-0.25, -0.2) is 8.42 Å². The van der Waals surface area contributed by atoms with E-state index in [1.165, 1.54) is 35.2 Å². The van der Waals surface area contributed by atoms with Crippen molar-refractivity contribution in [1.82, 2.24) is 10.2 Å². The molecule has 0 saturated carbocycles. The number of anilines is 1. The minimum atomic E-state index is -4.25. The Morgan fingerprint density at radius 1 is 0.902 bits per heavy atom. The molecule has 0 bridgehead atoms. The normalized spacial score (nSPS) is 12.1. The van der Waals surface area contributed by atoms with E-state index in [1.54, 1.807) is 37.3 Å². The fourth-order valence-electron chi connectivity index (χ4n) is 4.00. The molecule has 0 fully saturated rings. The smallest absolute Gasteiger partial charge is 0.264 e. The number of hydrogen-bond donors (Lipinski definition) is 1. The molecule has 3 rings (SSSR count). The van der Waals surface area contributed by atoms with Gasteiger partial charge in [0.2, 0.25) is 11.8 Å². The molecule has 3 aromatic rings. The molecule has 0 aliphatic rings. The number of benzene rings is 3. The van der Waals surface area contributed by atoms with Crippen molar-refractivity contribution in [2.75, 3.05) is 17.4 Å². The summed E-state index contributed by atoms with van der Waals surface area (Å²) in [6.07, 6.45) is 1.66. The highest BCUT2D eigenvalue weighted by molar-refractivity contribution is 7.92. The zero-order chi connectivity index (χ0) is 30.3. The van der Waals surface area contributed by atoms with Gasteiger partial charge in [-0.15, -0.1) is 0 Å². The van der Waals surface area contributed by atoms with Crippen LogP contribution in [0.4, 0.5) is 5.69 Å². The van der Waals surface area contributed by atoms with Crippen LogP contribution in [-0.2, 0) is 26.2 Å². The Kier molecular flexibility index (Phi) is 11.8. The van der Waals surface area contributed by atoms with E-state index >= 15 is 0 Å². The van der Waals surface area contributed by atoms with Gasteiger partial charge in [0.25, 0.3) is 10.0 Å². The Balaban J connectivity index is 2.05. The summed E-state index contributed by atoms with van der Waals surface area (Å²) in [5.41, 5.74) is 1.58. The van der Waals surface area contributed by atoms with Crippen LogP contribution in [-0.4, -0.2) is 44.3 Å². The van der Waals surface area contributed by atoms with Crippen molar-refractivity contribution in [3.8, 4) is 0 Å². The Morgan fingerprint density at radius 3 is 2.12 bits per heavy atom. The third-order valence-corrected chi connectivity index (χ3v) is 9.32. The van der Waals surface area contributed by atoms with Gasteiger partial charge in [0.1, 0.15) is 12.6 Å². The zero-order valence-electron chi connectivity index (χ0n) is 22.8. The first-order chi connectivity index (χ1) is 19.3. The van der Waals surface area contributed by atoms with Gasteiger partial charge in [-0.05, 0) is 68.3 Å². The summed E-state index contributed by atoms with van der Waals surface area (Å²) in [5, 5.41) is 3.85. The fourth-order valence-corrected chi connectivity index (χ4v) is 6.24. The van der Waals surface area contributed by atoms with E-state index in [4.69, 9.17) is 46.4 Å². The van der Waals surface area contributed by atoms with Crippen molar-refractivity contribution in [1.29, 1.82) is 0 Å². The highest BCUT2D eigenvalue weighted by Gasteiger charge is 2.33. The van der Waals surface area contributed by atoms with Gasteiger partial charge in [0, 0.05) is 23.1 Å². The van der Waals surface area contributed by atoms with Gasteiger partial charge in [0.15, 0.2) is 0 Å². The first-order valence-electron chi connectivity index (χ1n) is 12.9. The third kappa shape index (κ3) is 8.75. The highest BCUT2D eigenvalue weighted by atomic mass is 35.5. The number of aryl methyl sites for hydroxylation is 1. The minimum absolute atomic E-state index is 0.0200. The first kappa shape index (κ1) is 33.0. The number of rotatable bonds is 12. The molecule has 0 aromatic heterocycles. The van der Waals surface area contributed by atoms with Crippen LogP contribution in [0.2, 0.25) is 20.1 Å². The van der Waals surface area contributed by atoms with Crippen molar-refractivity contribution >= 4 is 73.9 Å². The van der Waals surface area contributed by atoms with Gasteiger partial charge < -0.3 is 10.2 Å². The number of unbranched alkanes of at least 4 members (excludes halogenated alkanes) is 1. The summed E-state index contributed by atoms with van der Waals surface area (Å²) in [7, 11) is -4.25. The molecule has 41 heavy (non-hydrogen) atoms. The number of sulfonamides is 1. The molecule has 1 N–H and O–H groups in total. The summed E-state index contributed by atoms with van der Waals surface area (Å²) >= 11 is 24.7. The Labute approximate surface area is 261 Å². The van der Waals surface area contributed by atoms with Gasteiger partial charge in [-0.1, -0.05) is 83.5 Å². The molecule has 1 unspecified atom stereocenters. The van der Waals surface area contributed by atoms with E-state index in [1.807, 2.05) is 13.8 Å². The lowest BCUT2D eigenvalue weighted by Crippen LogP contribution is -2.51. The average Bonchev–Trinajstić information content (AvgIpc) is 2.91. The number of nitrogens with zero attached hydrogens (tertiary/aromatic N) is 2. The van der Waals surface area contributed by atoms with Gasteiger partial charge in [-0.2, -0.15) is 0 Å². The second-order valence-corrected chi connectivity index (χ2v) is 13.1. The lowest BCUT2D eigenvalue weighted by molar-refractivity contribution is -0.139. The molecule has 220 valence electrons. The van der Waals surface area contributed by atoms with Crippen LogP contribution in [0.15, 0.2) is 65.6 Å². The Morgan fingerprint density at radius 2 is 1.54 bits per heavy atom. The third-order valence-electron chi connectivity index (χ3n) is 6.36. The van der Waals surface area contributed by atoms with E-state index in [-0.39, 0.29) is 38.1 Å². The maximum absolute atomic E-state index is 14.0. The fraction of sp³-hybridized carbons (Fsp3) is 0.310. The molecule has 0 aliphatic heterocycles. The molecule has 0 heterocycles. The van der Waals surface area contributed by atoms with Crippen LogP contribution >= 0.6 is 46.4 Å². The lowest BCUT2D eigenvalue weighted by atomic mass is 10.1. The number of hydrogen-bond acceptors (Lipinski definition) is 4. The molecule has 2 amide bonds. The topological polar surface area (TPSA) is 86.8 Å². The maximum atomic E-state index is 14.0. The largest absolute Gasteiger partial charge is 0.354 e. The molecular formula is C29H31Cl4N3O4S. The number of nitrogens with one attached hydrogen (secondary N) is 1. The minimum Gasteiger partial charge on any atom is -0.354 e. The molecule has 12 heteroatoms. The van der Waals surface area contributed by atoms with E-state index in [2.05, 4.69) is 5.32 Å². The number of carbonyl (C=O) groups is 2. The summed E-state index contributed by atoms with van der Waals surface area (Å²) < 4.78 is 28.7. The first-order valence-corrected chi connectivity index (χ1v) is 15.8. The van der Waals surface area contributed by atoms with E-state index in [0.29, 0.717) is 17.1 Å². The van der Waals surface area contributed by atoms with E-state index in [9.17, 15) is 18.0 Å². The van der Waals surface area contributed by atoms with Crippen molar-refractivity contribution in [2.24, 2.45) is 0 Å². The zero-order valence-corrected chi connectivity index (χ0v) is 26.7. The number of halogens is 4. The van der Waals surface area contributed by atoms with Crippen molar-refractivity contribution in [3.05, 3.63) is 91.9 Å². The average molecular weight is 659 g/mol.